The number of morpholine rings is 2. The van der Waals surface area contributed by atoms with Crippen molar-refractivity contribution in [1.82, 2.24) is 4.90 Å². The van der Waals surface area contributed by atoms with Crippen LogP contribution in [0.15, 0.2) is 48.5 Å². The number of benzene rings is 2. The number of carbonyl (C=O) groups excluding carboxylic acids is 1. The molecule has 2 aliphatic heterocycles. The predicted molar refractivity (Wildman–Crippen MR) is 119 cm³/mol. The molecule has 0 spiro atoms. The van der Waals surface area contributed by atoms with E-state index in [4.69, 9.17) is 9.47 Å². The number of phenols is 1. The summed E-state index contributed by atoms with van der Waals surface area (Å²) in [6.07, 6.45) is 3.45. The van der Waals surface area contributed by atoms with Crippen molar-refractivity contribution in [1.29, 1.82) is 0 Å². The molecular formula is C25H31ClN2O4. The molecule has 2 saturated heterocycles. The monoisotopic (exact) mass is 458 g/mol. The van der Waals surface area contributed by atoms with Gasteiger partial charge < -0.3 is 31.9 Å². The van der Waals surface area contributed by atoms with Gasteiger partial charge >= 0.3 is 0 Å². The number of aromatic hydroxyl groups is 1. The van der Waals surface area contributed by atoms with E-state index in [1.165, 1.54) is 4.90 Å². The van der Waals surface area contributed by atoms with Crippen LogP contribution in [-0.4, -0.2) is 68.4 Å². The third kappa shape index (κ3) is 6.64. The predicted octanol–water partition coefficient (Wildman–Crippen LogP) is -1.46. The van der Waals surface area contributed by atoms with Gasteiger partial charge in [0.1, 0.15) is 25.4 Å². The lowest BCUT2D eigenvalue weighted by molar-refractivity contribution is -0.921. The van der Waals surface area contributed by atoms with Crippen LogP contribution in [0.3, 0.4) is 0 Å². The fraction of sp³-hybridized carbons (Fsp3) is 0.400. The lowest BCUT2D eigenvalue weighted by atomic mass is 9.99. The minimum Gasteiger partial charge on any atom is -1.00 e. The van der Waals surface area contributed by atoms with E-state index >= 15 is 0 Å². The molecule has 0 bridgehead atoms. The number of nitrogens with one attached hydrogen (secondary N) is 1. The number of ketones is 1. The number of allylic oxidation sites excluding steroid dienone is 1. The van der Waals surface area contributed by atoms with Gasteiger partial charge in [-0.05, 0) is 23.8 Å². The van der Waals surface area contributed by atoms with E-state index in [0.29, 0.717) is 37.6 Å². The molecule has 0 unspecified atom stereocenters. The third-order valence-corrected chi connectivity index (χ3v) is 5.92. The molecule has 4 rings (SSSR count). The molecule has 0 aliphatic carbocycles. The van der Waals surface area contributed by atoms with Crippen molar-refractivity contribution >= 4 is 11.9 Å². The van der Waals surface area contributed by atoms with Gasteiger partial charge in [0, 0.05) is 36.3 Å². The zero-order valence-corrected chi connectivity index (χ0v) is 19.0. The standard InChI is InChI=1S/C25H30N2O4.ClH/c28-24(7-6-20-4-2-1-3-5-20)21-16-22(18-26-8-12-30-13-9-26)25(29)23(17-21)19-27-10-14-31-15-11-27;/h1-7,16-17,29H,8-15,18-19H2;1H/b7-6+;. The van der Waals surface area contributed by atoms with Crippen LogP contribution in [0, 0.1) is 0 Å². The molecule has 0 saturated carbocycles. The van der Waals surface area contributed by atoms with Crippen molar-refractivity contribution in [3.63, 3.8) is 0 Å². The van der Waals surface area contributed by atoms with E-state index in [9.17, 15) is 9.90 Å². The van der Waals surface area contributed by atoms with Crippen LogP contribution in [0.5, 0.6) is 5.75 Å². The van der Waals surface area contributed by atoms with E-state index in [2.05, 4.69) is 4.90 Å². The number of nitrogens with zero attached hydrogens (tertiary/aromatic N) is 1. The van der Waals surface area contributed by atoms with Crippen LogP contribution < -0.4 is 17.3 Å². The highest BCUT2D eigenvalue weighted by atomic mass is 35.5. The second-order valence-corrected chi connectivity index (χ2v) is 8.18. The zero-order valence-electron chi connectivity index (χ0n) is 18.3. The van der Waals surface area contributed by atoms with Gasteiger partial charge in [-0.15, -0.1) is 0 Å². The Kier molecular flexibility index (Phi) is 9.26. The lowest BCUT2D eigenvalue weighted by Gasteiger charge is -2.28. The molecule has 0 amide bonds. The molecule has 0 radical (unpaired) electrons. The summed E-state index contributed by atoms with van der Waals surface area (Å²) in [5, 5.41) is 11.0. The van der Waals surface area contributed by atoms with E-state index < -0.39 is 0 Å². The van der Waals surface area contributed by atoms with Gasteiger partial charge in [0.2, 0.25) is 0 Å². The Morgan fingerprint density at radius 2 is 1.66 bits per heavy atom. The Bertz CT molecular complexity index is 866. The Morgan fingerprint density at radius 3 is 2.38 bits per heavy atom. The first-order valence-electron chi connectivity index (χ1n) is 11.0. The maximum absolute atomic E-state index is 13.0. The number of rotatable bonds is 7. The van der Waals surface area contributed by atoms with Crippen molar-refractivity contribution in [2.75, 3.05) is 52.6 Å². The van der Waals surface area contributed by atoms with Gasteiger partial charge in [-0.3, -0.25) is 9.69 Å². The smallest absolute Gasteiger partial charge is 0.185 e. The van der Waals surface area contributed by atoms with Gasteiger partial charge in [0.05, 0.1) is 26.4 Å². The third-order valence-electron chi connectivity index (χ3n) is 5.92. The molecular weight excluding hydrogens is 428 g/mol. The molecule has 2 fully saturated rings. The average Bonchev–Trinajstić information content (AvgIpc) is 2.82. The van der Waals surface area contributed by atoms with Crippen LogP contribution >= 0.6 is 0 Å². The topological polar surface area (TPSA) is 63.4 Å². The van der Waals surface area contributed by atoms with E-state index in [-0.39, 0.29) is 18.2 Å². The molecule has 2 heterocycles. The van der Waals surface area contributed by atoms with Crippen LogP contribution in [0.1, 0.15) is 27.0 Å². The average molecular weight is 459 g/mol. The summed E-state index contributed by atoms with van der Waals surface area (Å²) in [7, 11) is 0. The van der Waals surface area contributed by atoms with E-state index in [1.54, 1.807) is 6.08 Å². The van der Waals surface area contributed by atoms with Crippen molar-refractivity contribution in [3.05, 3.63) is 70.8 Å². The van der Waals surface area contributed by atoms with Gasteiger partial charge in [0.15, 0.2) is 5.78 Å². The summed E-state index contributed by atoms with van der Waals surface area (Å²) in [5.74, 6) is 0.263. The summed E-state index contributed by atoms with van der Waals surface area (Å²) in [5.41, 5.74) is 3.25. The van der Waals surface area contributed by atoms with Gasteiger partial charge in [-0.2, -0.15) is 0 Å². The number of ether oxygens (including phenoxy) is 2. The number of phenolic OH excluding ortho intramolecular Hbond substituents is 1. The van der Waals surface area contributed by atoms with Crippen LogP contribution in [-0.2, 0) is 22.6 Å². The second-order valence-electron chi connectivity index (χ2n) is 8.18. The van der Waals surface area contributed by atoms with E-state index in [0.717, 1.165) is 56.1 Å². The highest BCUT2D eigenvalue weighted by molar-refractivity contribution is 6.07. The lowest BCUT2D eigenvalue weighted by Crippen LogP contribution is -3.12. The van der Waals surface area contributed by atoms with Gasteiger partial charge in [-0.1, -0.05) is 36.4 Å². The summed E-state index contributed by atoms with van der Waals surface area (Å²) in [4.78, 5) is 16.6. The molecule has 2 aliphatic rings. The second kappa shape index (κ2) is 12.1. The molecule has 7 heteroatoms. The quantitative estimate of drug-likeness (QED) is 0.392. The minimum absolute atomic E-state index is 0. The molecule has 2 aromatic rings. The number of carbonyl (C=O) groups is 1. The highest BCUT2D eigenvalue weighted by Crippen LogP contribution is 2.27. The van der Waals surface area contributed by atoms with E-state index in [1.807, 2.05) is 48.5 Å². The van der Waals surface area contributed by atoms with Crippen LogP contribution in [0.4, 0.5) is 0 Å². The maximum Gasteiger partial charge on any atom is 0.185 e. The SMILES string of the molecule is O=C(/C=C/c1ccccc1)c1cc(CN2CCOCC2)c(O)c(C[NH+]2CCOCC2)c1.[Cl-]. The number of hydrogen-bond donors (Lipinski definition) is 2. The van der Waals surface area contributed by atoms with Crippen LogP contribution in [0.25, 0.3) is 6.08 Å². The molecule has 32 heavy (non-hydrogen) atoms. The largest absolute Gasteiger partial charge is 1.00 e. The van der Waals surface area contributed by atoms with Crippen molar-refractivity contribution < 1.29 is 36.7 Å². The molecule has 0 atom stereocenters. The zero-order chi connectivity index (χ0) is 21.5. The van der Waals surface area contributed by atoms with Gasteiger partial charge in [-0.25, -0.2) is 0 Å². The van der Waals surface area contributed by atoms with Crippen molar-refractivity contribution in [3.8, 4) is 5.75 Å². The number of quaternary nitrogens is 1. The van der Waals surface area contributed by atoms with Crippen LogP contribution in [0.2, 0.25) is 0 Å². The summed E-state index contributed by atoms with van der Waals surface area (Å²) >= 11 is 0. The Morgan fingerprint density at radius 1 is 1.00 bits per heavy atom. The Hall–Kier alpha value is -2.22. The minimum atomic E-state index is -0.0506. The normalized spacial score (nSPS) is 17.9. The molecule has 6 nitrogen and oxygen atoms in total. The first-order valence-corrected chi connectivity index (χ1v) is 11.0. The maximum atomic E-state index is 13.0. The molecule has 2 aromatic carbocycles. The highest BCUT2D eigenvalue weighted by Gasteiger charge is 2.21. The Labute approximate surface area is 195 Å². The van der Waals surface area contributed by atoms with Crippen molar-refractivity contribution in [2.24, 2.45) is 0 Å². The fourth-order valence-electron chi connectivity index (χ4n) is 4.10. The number of halogens is 1. The summed E-state index contributed by atoms with van der Waals surface area (Å²) in [6, 6.07) is 13.5. The van der Waals surface area contributed by atoms with Gasteiger partial charge in [0.25, 0.3) is 0 Å². The molecule has 172 valence electrons. The summed E-state index contributed by atoms with van der Waals surface area (Å²) in [6.45, 7) is 7.64. The Balaban J connectivity index is 0.00000289. The first kappa shape index (κ1) is 24.4. The fourth-order valence-corrected chi connectivity index (χ4v) is 4.10. The first-order chi connectivity index (χ1) is 15.2. The number of hydrogen-bond acceptors (Lipinski definition) is 5. The summed E-state index contributed by atoms with van der Waals surface area (Å²) < 4.78 is 10.9. The molecule has 0 aromatic heterocycles. The van der Waals surface area contributed by atoms with Crippen molar-refractivity contribution in [2.45, 2.75) is 13.1 Å². The molecule has 2 N–H and O–H groups in total.